The molecule has 2 N–H and O–H groups in total. The summed E-state index contributed by atoms with van der Waals surface area (Å²) in [6, 6.07) is 6.03. The number of hydrogen-bond donors (Lipinski definition) is 2. The van der Waals surface area contributed by atoms with Gasteiger partial charge in [0.05, 0.1) is 12.2 Å². The van der Waals surface area contributed by atoms with Gasteiger partial charge in [0.2, 0.25) is 0 Å². The van der Waals surface area contributed by atoms with Gasteiger partial charge in [-0.05, 0) is 44.2 Å². The number of aryl methyl sites for hydroxylation is 1. The zero-order valence-electron chi connectivity index (χ0n) is 14.9. The van der Waals surface area contributed by atoms with Crippen LogP contribution in [0.2, 0.25) is 0 Å². The highest BCUT2D eigenvalue weighted by atomic mass is 16.5. The molecule has 2 rings (SSSR count). The highest BCUT2D eigenvalue weighted by Crippen LogP contribution is 2.14. The van der Waals surface area contributed by atoms with Crippen LogP contribution in [0.1, 0.15) is 30.7 Å². The van der Waals surface area contributed by atoms with Gasteiger partial charge >= 0.3 is 0 Å². The van der Waals surface area contributed by atoms with Gasteiger partial charge in [0.25, 0.3) is 0 Å². The first-order valence-corrected chi connectivity index (χ1v) is 8.80. The summed E-state index contributed by atoms with van der Waals surface area (Å²) in [4.78, 5) is 8.70. The molecule has 1 aromatic heterocycles. The maximum Gasteiger partial charge on any atom is 0.191 e. The van der Waals surface area contributed by atoms with E-state index >= 15 is 0 Å². The number of rotatable bonds is 8. The Morgan fingerprint density at radius 1 is 1.33 bits per heavy atom. The van der Waals surface area contributed by atoms with Crippen LogP contribution in [0, 0.1) is 12.8 Å². The Morgan fingerprint density at radius 2 is 2.17 bits per heavy atom. The van der Waals surface area contributed by atoms with Crippen LogP contribution in [0.4, 0.5) is 0 Å². The first-order chi connectivity index (χ1) is 11.8. The van der Waals surface area contributed by atoms with Crippen molar-refractivity contribution in [2.75, 3.05) is 40.0 Å². The number of pyridine rings is 1. The molecule has 1 aliphatic rings. The quantitative estimate of drug-likeness (QED) is 0.432. The number of ether oxygens (including phenoxy) is 2. The van der Waals surface area contributed by atoms with Gasteiger partial charge in [-0.15, -0.1) is 0 Å². The molecule has 0 spiro atoms. The van der Waals surface area contributed by atoms with Crippen LogP contribution in [0.3, 0.4) is 0 Å². The molecule has 0 aliphatic carbocycles. The van der Waals surface area contributed by atoms with E-state index in [-0.39, 0.29) is 0 Å². The number of hydrogen-bond acceptors (Lipinski definition) is 4. The molecule has 6 heteroatoms. The largest absolute Gasteiger partial charge is 0.381 e. The maximum absolute atomic E-state index is 5.77. The van der Waals surface area contributed by atoms with E-state index in [0.29, 0.717) is 12.5 Å². The normalized spacial score (nSPS) is 16.2. The fourth-order valence-corrected chi connectivity index (χ4v) is 2.64. The van der Waals surface area contributed by atoms with Crippen molar-refractivity contribution >= 4 is 5.96 Å². The molecule has 1 fully saturated rings. The second-order valence-electron chi connectivity index (χ2n) is 6.11. The molecule has 0 radical (unpaired) electrons. The molecule has 1 aromatic rings. The van der Waals surface area contributed by atoms with Gasteiger partial charge in [-0.1, -0.05) is 6.07 Å². The first kappa shape index (κ1) is 18.7. The standard InChI is InChI=1S/C18H30N4O2/c1-15-5-3-6-17(22-15)13-21-18(19-2)20-9-4-10-24-14-16-7-11-23-12-8-16/h3,5-6,16H,4,7-14H2,1-2H3,(H2,19,20,21). The van der Waals surface area contributed by atoms with Gasteiger partial charge in [0.15, 0.2) is 5.96 Å². The Kier molecular flexibility index (Phi) is 8.55. The Labute approximate surface area is 145 Å². The zero-order chi connectivity index (χ0) is 17.0. The van der Waals surface area contributed by atoms with E-state index in [1.165, 1.54) is 0 Å². The molecule has 0 aromatic carbocycles. The fourth-order valence-electron chi connectivity index (χ4n) is 2.64. The van der Waals surface area contributed by atoms with E-state index in [1.54, 1.807) is 7.05 Å². The number of aliphatic imine (C=N–C) groups is 1. The summed E-state index contributed by atoms with van der Waals surface area (Å²) >= 11 is 0. The summed E-state index contributed by atoms with van der Waals surface area (Å²) in [5, 5.41) is 6.58. The molecule has 0 unspecified atom stereocenters. The maximum atomic E-state index is 5.77. The SMILES string of the molecule is CN=C(NCCCOCC1CCOCC1)NCc1cccc(C)n1. The molecule has 24 heavy (non-hydrogen) atoms. The van der Waals surface area contributed by atoms with E-state index in [2.05, 4.69) is 20.6 Å². The van der Waals surface area contributed by atoms with E-state index in [9.17, 15) is 0 Å². The van der Waals surface area contributed by atoms with E-state index in [4.69, 9.17) is 9.47 Å². The highest BCUT2D eigenvalue weighted by molar-refractivity contribution is 5.79. The lowest BCUT2D eigenvalue weighted by Gasteiger charge is -2.21. The topological polar surface area (TPSA) is 67.8 Å². The van der Waals surface area contributed by atoms with Gasteiger partial charge in [0, 0.05) is 45.7 Å². The Hall–Kier alpha value is -1.66. The summed E-state index contributed by atoms with van der Waals surface area (Å²) in [7, 11) is 1.78. The average Bonchev–Trinajstić information content (AvgIpc) is 2.61. The molecule has 2 heterocycles. The van der Waals surface area contributed by atoms with Gasteiger partial charge < -0.3 is 20.1 Å². The van der Waals surface area contributed by atoms with Crippen LogP contribution in [0.5, 0.6) is 0 Å². The first-order valence-electron chi connectivity index (χ1n) is 8.80. The molecule has 0 saturated carbocycles. The number of aromatic nitrogens is 1. The van der Waals surface area contributed by atoms with Crippen molar-refractivity contribution < 1.29 is 9.47 Å². The van der Waals surface area contributed by atoms with Crippen molar-refractivity contribution in [2.24, 2.45) is 10.9 Å². The van der Waals surface area contributed by atoms with Crippen LogP contribution in [-0.2, 0) is 16.0 Å². The Balaban J connectivity index is 1.53. The zero-order valence-corrected chi connectivity index (χ0v) is 14.9. The average molecular weight is 334 g/mol. The monoisotopic (exact) mass is 334 g/mol. The van der Waals surface area contributed by atoms with Crippen LogP contribution in [0.25, 0.3) is 0 Å². The van der Waals surface area contributed by atoms with Gasteiger partial charge in [0.1, 0.15) is 0 Å². The molecule has 0 amide bonds. The lowest BCUT2D eigenvalue weighted by atomic mass is 10.0. The molecule has 6 nitrogen and oxygen atoms in total. The lowest BCUT2D eigenvalue weighted by molar-refractivity contribution is 0.0203. The van der Waals surface area contributed by atoms with E-state index < -0.39 is 0 Å². The molecule has 0 bridgehead atoms. The molecular weight excluding hydrogens is 304 g/mol. The summed E-state index contributed by atoms with van der Waals surface area (Å²) in [5.74, 6) is 1.46. The van der Waals surface area contributed by atoms with Crippen molar-refractivity contribution in [1.82, 2.24) is 15.6 Å². The summed E-state index contributed by atoms with van der Waals surface area (Å²) < 4.78 is 11.1. The third-order valence-electron chi connectivity index (χ3n) is 4.06. The van der Waals surface area contributed by atoms with Crippen molar-refractivity contribution in [2.45, 2.75) is 32.7 Å². The van der Waals surface area contributed by atoms with Crippen LogP contribution >= 0.6 is 0 Å². The third kappa shape index (κ3) is 7.27. The molecule has 0 atom stereocenters. The number of nitrogens with one attached hydrogen (secondary N) is 2. The minimum absolute atomic E-state index is 0.668. The lowest BCUT2D eigenvalue weighted by Crippen LogP contribution is -2.37. The van der Waals surface area contributed by atoms with Crippen molar-refractivity contribution in [1.29, 1.82) is 0 Å². The van der Waals surface area contributed by atoms with Crippen molar-refractivity contribution in [3.63, 3.8) is 0 Å². The van der Waals surface area contributed by atoms with Crippen LogP contribution in [-0.4, -0.2) is 51.0 Å². The van der Waals surface area contributed by atoms with Crippen LogP contribution in [0.15, 0.2) is 23.2 Å². The molecule has 134 valence electrons. The molecular formula is C18H30N4O2. The van der Waals surface area contributed by atoms with Gasteiger partial charge in [-0.25, -0.2) is 0 Å². The second-order valence-corrected chi connectivity index (χ2v) is 6.11. The highest BCUT2D eigenvalue weighted by Gasteiger charge is 2.13. The summed E-state index contributed by atoms with van der Waals surface area (Å²) in [6.45, 7) is 6.91. The number of nitrogens with zero attached hydrogens (tertiary/aromatic N) is 2. The summed E-state index contributed by atoms with van der Waals surface area (Å²) in [6.07, 6.45) is 3.22. The Bertz CT molecular complexity index is 502. The molecule has 1 aliphatic heterocycles. The van der Waals surface area contributed by atoms with E-state index in [0.717, 1.165) is 69.6 Å². The van der Waals surface area contributed by atoms with Crippen molar-refractivity contribution in [3.05, 3.63) is 29.6 Å². The minimum Gasteiger partial charge on any atom is -0.381 e. The van der Waals surface area contributed by atoms with Gasteiger partial charge in [-0.3, -0.25) is 9.98 Å². The second kappa shape index (κ2) is 11.0. The van der Waals surface area contributed by atoms with Crippen molar-refractivity contribution in [3.8, 4) is 0 Å². The molecule has 1 saturated heterocycles. The Morgan fingerprint density at radius 3 is 2.92 bits per heavy atom. The number of guanidine groups is 1. The predicted molar refractivity (Wildman–Crippen MR) is 96.2 cm³/mol. The van der Waals surface area contributed by atoms with Crippen LogP contribution < -0.4 is 10.6 Å². The smallest absolute Gasteiger partial charge is 0.191 e. The van der Waals surface area contributed by atoms with Gasteiger partial charge in [-0.2, -0.15) is 0 Å². The predicted octanol–water partition coefficient (Wildman–Crippen LogP) is 1.89. The third-order valence-corrected chi connectivity index (χ3v) is 4.06. The summed E-state index contributed by atoms with van der Waals surface area (Å²) in [5.41, 5.74) is 2.04. The minimum atomic E-state index is 0.668. The van der Waals surface area contributed by atoms with E-state index in [1.807, 2.05) is 25.1 Å². The fraction of sp³-hybridized carbons (Fsp3) is 0.667.